The third-order valence-corrected chi connectivity index (χ3v) is 3.05. The topological polar surface area (TPSA) is 76.2 Å². The Labute approximate surface area is 96.4 Å². The van der Waals surface area contributed by atoms with Crippen LogP contribution in [0.2, 0.25) is 0 Å². The molecule has 5 heteroatoms. The molecule has 0 aliphatic rings. The summed E-state index contributed by atoms with van der Waals surface area (Å²) >= 11 is 1.32. The van der Waals surface area contributed by atoms with Crippen LogP contribution in [0.5, 0.6) is 0 Å². The standard InChI is InChI=1S/C11H10N2O2S/c12-5-7-1-3-8(4-2-7)10-13-9(6-16-10)11(14)15/h1-4,6H,5,12H2,(H,14,15). The fraction of sp³-hybridized carbons (Fsp3) is 0.0909. The molecule has 0 spiro atoms. The summed E-state index contributed by atoms with van der Waals surface area (Å²) in [6.45, 7) is 0.499. The molecule has 0 radical (unpaired) electrons. The third kappa shape index (κ3) is 2.10. The minimum atomic E-state index is -0.999. The highest BCUT2D eigenvalue weighted by atomic mass is 32.1. The van der Waals surface area contributed by atoms with Crippen molar-refractivity contribution in [3.8, 4) is 10.6 Å². The molecule has 16 heavy (non-hydrogen) atoms. The van der Waals surface area contributed by atoms with E-state index in [1.807, 2.05) is 24.3 Å². The molecule has 0 atom stereocenters. The van der Waals surface area contributed by atoms with Gasteiger partial charge in [-0.15, -0.1) is 11.3 Å². The third-order valence-electron chi connectivity index (χ3n) is 2.16. The number of rotatable bonds is 3. The van der Waals surface area contributed by atoms with Crippen molar-refractivity contribution in [3.63, 3.8) is 0 Å². The van der Waals surface area contributed by atoms with E-state index >= 15 is 0 Å². The maximum atomic E-state index is 10.7. The Balaban J connectivity index is 2.31. The molecule has 1 heterocycles. The van der Waals surface area contributed by atoms with E-state index in [2.05, 4.69) is 4.98 Å². The van der Waals surface area contributed by atoms with Crippen LogP contribution in [0.25, 0.3) is 10.6 Å². The largest absolute Gasteiger partial charge is 0.476 e. The molecule has 0 saturated heterocycles. The van der Waals surface area contributed by atoms with E-state index in [-0.39, 0.29) is 5.69 Å². The lowest BCUT2D eigenvalue weighted by atomic mass is 10.1. The second-order valence-electron chi connectivity index (χ2n) is 3.24. The molecule has 4 nitrogen and oxygen atoms in total. The van der Waals surface area contributed by atoms with Crippen LogP contribution in [0.15, 0.2) is 29.6 Å². The lowest BCUT2D eigenvalue weighted by Crippen LogP contribution is -1.96. The van der Waals surface area contributed by atoms with Crippen molar-refractivity contribution in [3.05, 3.63) is 40.9 Å². The summed E-state index contributed by atoms with van der Waals surface area (Å²) in [4.78, 5) is 14.7. The number of hydrogen-bond acceptors (Lipinski definition) is 4. The smallest absolute Gasteiger partial charge is 0.355 e. The molecule has 0 unspecified atom stereocenters. The highest BCUT2D eigenvalue weighted by molar-refractivity contribution is 7.13. The number of carboxylic acids is 1. The normalized spacial score (nSPS) is 10.3. The van der Waals surface area contributed by atoms with E-state index in [1.165, 1.54) is 16.7 Å². The lowest BCUT2D eigenvalue weighted by Gasteiger charge is -1.98. The van der Waals surface area contributed by atoms with Gasteiger partial charge in [-0.25, -0.2) is 9.78 Å². The van der Waals surface area contributed by atoms with Crippen molar-refractivity contribution < 1.29 is 9.90 Å². The van der Waals surface area contributed by atoms with Crippen molar-refractivity contribution in [1.29, 1.82) is 0 Å². The average molecular weight is 234 g/mol. The summed E-state index contributed by atoms with van der Waals surface area (Å²) in [5.74, 6) is -0.999. The first-order valence-electron chi connectivity index (χ1n) is 4.69. The van der Waals surface area contributed by atoms with Crippen molar-refractivity contribution >= 4 is 17.3 Å². The second-order valence-corrected chi connectivity index (χ2v) is 4.10. The van der Waals surface area contributed by atoms with Gasteiger partial charge in [0, 0.05) is 17.5 Å². The first-order valence-corrected chi connectivity index (χ1v) is 5.57. The molecule has 0 aliphatic heterocycles. The molecule has 2 aromatic rings. The van der Waals surface area contributed by atoms with Crippen molar-refractivity contribution in [1.82, 2.24) is 4.98 Å². The average Bonchev–Trinajstić information content (AvgIpc) is 2.78. The number of benzene rings is 1. The van der Waals surface area contributed by atoms with Gasteiger partial charge in [-0.3, -0.25) is 0 Å². The maximum Gasteiger partial charge on any atom is 0.355 e. The van der Waals surface area contributed by atoms with Crippen molar-refractivity contribution in [2.45, 2.75) is 6.54 Å². The van der Waals surface area contributed by atoms with Crippen molar-refractivity contribution in [2.75, 3.05) is 0 Å². The van der Waals surface area contributed by atoms with E-state index in [4.69, 9.17) is 10.8 Å². The zero-order chi connectivity index (χ0) is 11.5. The predicted molar refractivity (Wildman–Crippen MR) is 62.4 cm³/mol. The molecule has 82 valence electrons. The van der Waals surface area contributed by atoms with E-state index < -0.39 is 5.97 Å². The Kier molecular flexibility index (Phi) is 2.98. The van der Waals surface area contributed by atoms with Gasteiger partial charge in [0.25, 0.3) is 0 Å². The molecule has 2 rings (SSSR count). The van der Waals surface area contributed by atoms with Crippen LogP contribution in [0.4, 0.5) is 0 Å². The summed E-state index contributed by atoms with van der Waals surface area (Å²) in [6, 6.07) is 7.62. The highest BCUT2D eigenvalue weighted by Crippen LogP contribution is 2.23. The Bertz CT molecular complexity index is 505. The molecule has 0 amide bonds. The van der Waals surface area contributed by atoms with Gasteiger partial charge < -0.3 is 10.8 Å². The first-order chi connectivity index (χ1) is 7.70. The molecule has 3 N–H and O–H groups in total. The number of nitrogens with two attached hydrogens (primary N) is 1. The molecule has 1 aromatic carbocycles. The molecule has 0 bridgehead atoms. The van der Waals surface area contributed by atoms with E-state index in [1.54, 1.807) is 0 Å². The number of aromatic carboxylic acids is 1. The number of carbonyl (C=O) groups is 1. The van der Waals surface area contributed by atoms with Gasteiger partial charge in [0.05, 0.1) is 0 Å². The van der Waals surface area contributed by atoms with Crippen molar-refractivity contribution in [2.24, 2.45) is 5.73 Å². The Morgan fingerprint density at radius 3 is 2.56 bits per heavy atom. The van der Waals surface area contributed by atoms with Crippen LogP contribution in [0, 0.1) is 0 Å². The Hall–Kier alpha value is -1.72. The van der Waals surface area contributed by atoms with Crippen LogP contribution in [0.3, 0.4) is 0 Å². The first kappa shape index (κ1) is 10.8. The Morgan fingerprint density at radius 2 is 2.06 bits per heavy atom. The van der Waals surface area contributed by atoms with Crippen LogP contribution >= 0.6 is 11.3 Å². The van der Waals surface area contributed by atoms with Gasteiger partial charge in [-0.2, -0.15) is 0 Å². The van der Waals surface area contributed by atoms with Crippen LogP contribution in [-0.2, 0) is 6.54 Å². The fourth-order valence-corrected chi connectivity index (χ4v) is 2.09. The summed E-state index contributed by atoms with van der Waals surface area (Å²) < 4.78 is 0. The molecular weight excluding hydrogens is 224 g/mol. The minimum Gasteiger partial charge on any atom is -0.476 e. The molecule has 1 aromatic heterocycles. The fourth-order valence-electron chi connectivity index (χ4n) is 1.29. The zero-order valence-electron chi connectivity index (χ0n) is 8.38. The zero-order valence-corrected chi connectivity index (χ0v) is 9.20. The molecular formula is C11H10N2O2S. The van der Waals surface area contributed by atoms with Crippen LogP contribution in [-0.4, -0.2) is 16.1 Å². The second kappa shape index (κ2) is 4.42. The van der Waals surface area contributed by atoms with Gasteiger partial charge in [0.1, 0.15) is 5.01 Å². The van der Waals surface area contributed by atoms with Gasteiger partial charge >= 0.3 is 5.97 Å². The number of nitrogens with zero attached hydrogens (tertiary/aromatic N) is 1. The SMILES string of the molecule is NCc1ccc(-c2nc(C(=O)O)cs2)cc1. The summed E-state index contributed by atoms with van der Waals surface area (Å²) in [5, 5.41) is 11.0. The number of hydrogen-bond donors (Lipinski definition) is 2. The quantitative estimate of drug-likeness (QED) is 0.851. The van der Waals surface area contributed by atoms with E-state index in [0.29, 0.717) is 11.6 Å². The van der Waals surface area contributed by atoms with Gasteiger partial charge in [0.15, 0.2) is 5.69 Å². The number of thiazole rings is 1. The van der Waals surface area contributed by atoms with Gasteiger partial charge in [-0.05, 0) is 5.56 Å². The maximum absolute atomic E-state index is 10.7. The minimum absolute atomic E-state index is 0.0860. The van der Waals surface area contributed by atoms with Crippen LogP contribution in [0.1, 0.15) is 16.1 Å². The summed E-state index contributed by atoms with van der Waals surface area (Å²) in [5.41, 5.74) is 7.53. The summed E-state index contributed by atoms with van der Waals surface area (Å²) in [6.07, 6.45) is 0. The highest BCUT2D eigenvalue weighted by Gasteiger charge is 2.09. The Morgan fingerprint density at radius 1 is 1.38 bits per heavy atom. The van der Waals surface area contributed by atoms with Crippen LogP contribution < -0.4 is 5.73 Å². The van der Waals surface area contributed by atoms with E-state index in [9.17, 15) is 4.79 Å². The number of carboxylic acid groups (broad SMARTS) is 1. The van der Waals surface area contributed by atoms with Gasteiger partial charge in [-0.1, -0.05) is 24.3 Å². The van der Waals surface area contributed by atoms with Gasteiger partial charge in [0.2, 0.25) is 0 Å². The monoisotopic (exact) mass is 234 g/mol. The lowest BCUT2D eigenvalue weighted by molar-refractivity contribution is 0.0691. The molecule has 0 fully saturated rings. The molecule has 0 aliphatic carbocycles. The molecule has 0 saturated carbocycles. The number of aromatic nitrogens is 1. The van der Waals surface area contributed by atoms with E-state index in [0.717, 1.165) is 11.1 Å². The predicted octanol–water partition coefficient (Wildman–Crippen LogP) is 1.97. The summed E-state index contributed by atoms with van der Waals surface area (Å²) in [7, 11) is 0.